The number of hydrogen-bond acceptors (Lipinski definition) is 3. The van der Waals surface area contributed by atoms with Gasteiger partial charge in [0.1, 0.15) is 12.4 Å². The summed E-state index contributed by atoms with van der Waals surface area (Å²) in [6, 6.07) is 12.6. The van der Waals surface area contributed by atoms with Crippen LogP contribution in [-0.4, -0.2) is 16.2 Å². The highest BCUT2D eigenvalue weighted by molar-refractivity contribution is 5.74. The minimum atomic E-state index is -1.53. The SMILES string of the molecule is Cc1cccc(C)c1COc1cccc(C(O)C(=O)O)c1. The number of carbonyl (C=O) groups is 1. The number of ether oxygens (including phenoxy) is 1. The molecular weight excluding hydrogens is 268 g/mol. The van der Waals surface area contributed by atoms with E-state index in [9.17, 15) is 9.90 Å². The van der Waals surface area contributed by atoms with Crippen LogP contribution >= 0.6 is 0 Å². The van der Waals surface area contributed by atoms with Gasteiger partial charge in [0.2, 0.25) is 0 Å². The van der Waals surface area contributed by atoms with Gasteiger partial charge in [0.25, 0.3) is 0 Å². The van der Waals surface area contributed by atoms with Gasteiger partial charge in [-0.3, -0.25) is 0 Å². The summed E-state index contributed by atoms with van der Waals surface area (Å²) in [6.07, 6.45) is -1.53. The Morgan fingerprint density at radius 3 is 2.38 bits per heavy atom. The molecule has 2 rings (SSSR count). The summed E-state index contributed by atoms with van der Waals surface area (Å²) in [5.74, 6) is -0.739. The van der Waals surface area contributed by atoms with Gasteiger partial charge in [0, 0.05) is 0 Å². The number of aliphatic carboxylic acids is 1. The van der Waals surface area contributed by atoms with E-state index in [1.54, 1.807) is 24.3 Å². The summed E-state index contributed by atoms with van der Waals surface area (Å²) in [7, 11) is 0. The van der Waals surface area contributed by atoms with Gasteiger partial charge in [-0.2, -0.15) is 0 Å². The molecule has 0 aliphatic carbocycles. The number of aryl methyl sites for hydroxylation is 2. The van der Waals surface area contributed by atoms with Gasteiger partial charge in [-0.1, -0.05) is 30.3 Å². The molecule has 1 atom stereocenters. The molecule has 0 fully saturated rings. The van der Waals surface area contributed by atoms with Crippen LogP contribution < -0.4 is 4.74 Å². The zero-order valence-electron chi connectivity index (χ0n) is 12.0. The highest BCUT2D eigenvalue weighted by Gasteiger charge is 2.16. The molecule has 0 saturated heterocycles. The maximum atomic E-state index is 10.8. The summed E-state index contributed by atoms with van der Waals surface area (Å²) in [6.45, 7) is 4.46. The van der Waals surface area contributed by atoms with Crippen molar-refractivity contribution in [3.63, 3.8) is 0 Å². The maximum absolute atomic E-state index is 10.8. The minimum Gasteiger partial charge on any atom is -0.489 e. The molecule has 0 spiro atoms. The molecule has 2 aromatic rings. The van der Waals surface area contributed by atoms with Crippen molar-refractivity contribution >= 4 is 5.97 Å². The Balaban J connectivity index is 2.14. The number of carboxylic acids is 1. The number of aliphatic hydroxyl groups is 1. The van der Waals surface area contributed by atoms with Crippen molar-refractivity contribution in [1.82, 2.24) is 0 Å². The molecule has 2 N–H and O–H groups in total. The Hall–Kier alpha value is -2.33. The molecule has 110 valence electrons. The Bertz CT molecular complexity index is 629. The van der Waals surface area contributed by atoms with Crippen LogP contribution in [0.3, 0.4) is 0 Å². The highest BCUT2D eigenvalue weighted by Crippen LogP contribution is 2.22. The third-order valence-corrected chi connectivity index (χ3v) is 3.44. The first kappa shape index (κ1) is 15.1. The number of aliphatic hydroxyl groups excluding tert-OH is 1. The molecule has 0 heterocycles. The number of benzene rings is 2. The molecular formula is C17H18O4. The quantitative estimate of drug-likeness (QED) is 0.886. The molecule has 0 aliphatic rings. The van der Waals surface area contributed by atoms with Crippen molar-refractivity contribution in [2.45, 2.75) is 26.6 Å². The lowest BCUT2D eigenvalue weighted by Crippen LogP contribution is -2.10. The molecule has 4 heteroatoms. The van der Waals surface area contributed by atoms with Gasteiger partial charge in [-0.25, -0.2) is 4.79 Å². The summed E-state index contributed by atoms with van der Waals surface area (Å²) in [4.78, 5) is 10.8. The van der Waals surface area contributed by atoms with E-state index in [2.05, 4.69) is 0 Å². The summed E-state index contributed by atoms with van der Waals surface area (Å²) in [5.41, 5.74) is 3.72. The number of carboxylic acid groups (broad SMARTS) is 1. The second kappa shape index (κ2) is 6.41. The van der Waals surface area contributed by atoms with Crippen LogP contribution in [0, 0.1) is 13.8 Å². The molecule has 2 aromatic carbocycles. The van der Waals surface area contributed by atoms with Crippen LogP contribution in [-0.2, 0) is 11.4 Å². The van der Waals surface area contributed by atoms with E-state index in [1.165, 1.54) is 0 Å². The standard InChI is InChI=1S/C17H18O4/c1-11-5-3-6-12(2)15(11)10-21-14-8-4-7-13(9-14)16(18)17(19)20/h3-9,16,18H,10H2,1-2H3,(H,19,20). The first-order valence-electron chi connectivity index (χ1n) is 6.68. The van der Waals surface area contributed by atoms with Crippen molar-refractivity contribution in [2.75, 3.05) is 0 Å². The monoisotopic (exact) mass is 286 g/mol. The number of rotatable bonds is 5. The second-order valence-corrected chi connectivity index (χ2v) is 4.97. The third kappa shape index (κ3) is 3.61. The Kier molecular flexibility index (Phi) is 4.60. The van der Waals surface area contributed by atoms with Crippen molar-refractivity contribution < 1.29 is 19.7 Å². The van der Waals surface area contributed by atoms with Crippen LogP contribution in [0.1, 0.15) is 28.4 Å². The first-order valence-corrected chi connectivity index (χ1v) is 6.68. The van der Waals surface area contributed by atoms with Crippen LogP contribution in [0.15, 0.2) is 42.5 Å². The third-order valence-electron chi connectivity index (χ3n) is 3.44. The average Bonchev–Trinajstić information content (AvgIpc) is 2.46. The molecule has 4 nitrogen and oxygen atoms in total. The number of hydrogen-bond donors (Lipinski definition) is 2. The van der Waals surface area contributed by atoms with E-state index >= 15 is 0 Å². The first-order chi connectivity index (χ1) is 9.99. The molecule has 1 unspecified atom stereocenters. The topological polar surface area (TPSA) is 66.8 Å². The van der Waals surface area contributed by atoms with E-state index in [0.717, 1.165) is 16.7 Å². The van der Waals surface area contributed by atoms with Crippen LogP contribution in [0.4, 0.5) is 0 Å². The summed E-state index contributed by atoms with van der Waals surface area (Å²) < 4.78 is 5.72. The van der Waals surface area contributed by atoms with Crippen LogP contribution in [0.5, 0.6) is 5.75 Å². The molecule has 0 amide bonds. The lowest BCUT2D eigenvalue weighted by atomic mass is 10.0. The molecule has 0 bridgehead atoms. The lowest BCUT2D eigenvalue weighted by molar-refractivity contribution is -0.146. The van der Waals surface area contributed by atoms with E-state index in [-0.39, 0.29) is 0 Å². The minimum absolute atomic E-state index is 0.307. The van der Waals surface area contributed by atoms with Crippen molar-refractivity contribution in [3.05, 3.63) is 64.7 Å². The van der Waals surface area contributed by atoms with E-state index in [4.69, 9.17) is 9.84 Å². The van der Waals surface area contributed by atoms with Gasteiger partial charge in [-0.15, -0.1) is 0 Å². The fraction of sp³-hybridized carbons (Fsp3) is 0.235. The summed E-state index contributed by atoms with van der Waals surface area (Å²) in [5, 5.41) is 18.4. The Morgan fingerprint density at radius 1 is 1.14 bits per heavy atom. The Morgan fingerprint density at radius 2 is 1.76 bits per heavy atom. The van der Waals surface area contributed by atoms with E-state index in [0.29, 0.717) is 17.9 Å². The van der Waals surface area contributed by atoms with Crippen LogP contribution in [0.2, 0.25) is 0 Å². The van der Waals surface area contributed by atoms with E-state index in [1.807, 2.05) is 32.0 Å². The molecule has 0 aliphatic heterocycles. The fourth-order valence-electron chi connectivity index (χ4n) is 2.15. The van der Waals surface area contributed by atoms with Crippen molar-refractivity contribution in [1.29, 1.82) is 0 Å². The smallest absolute Gasteiger partial charge is 0.337 e. The van der Waals surface area contributed by atoms with Gasteiger partial charge in [0.15, 0.2) is 6.10 Å². The van der Waals surface area contributed by atoms with E-state index < -0.39 is 12.1 Å². The molecule has 0 radical (unpaired) electrons. The van der Waals surface area contributed by atoms with Crippen molar-refractivity contribution in [3.8, 4) is 5.75 Å². The van der Waals surface area contributed by atoms with Gasteiger partial charge < -0.3 is 14.9 Å². The fourth-order valence-corrected chi connectivity index (χ4v) is 2.15. The molecule has 0 saturated carbocycles. The highest BCUT2D eigenvalue weighted by atomic mass is 16.5. The summed E-state index contributed by atoms with van der Waals surface area (Å²) >= 11 is 0. The van der Waals surface area contributed by atoms with Crippen LogP contribution in [0.25, 0.3) is 0 Å². The average molecular weight is 286 g/mol. The van der Waals surface area contributed by atoms with Gasteiger partial charge >= 0.3 is 5.97 Å². The second-order valence-electron chi connectivity index (χ2n) is 4.97. The molecule has 0 aromatic heterocycles. The zero-order valence-corrected chi connectivity index (χ0v) is 12.0. The van der Waals surface area contributed by atoms with Crippen molar-refractivity contribution in [2.24, 2.45) is 0 Å². The van der Waals surface area contributed by atoms with Gasteiger partial charge in [-0.05, 0) is 48.2 Å². The lowest BCUT2D eigenvalue weighted by Gasteiger charge is -2.13. The predicted molar refractivity (Wildman–Crippen MR) is 79.3 cm³/mol. The van der Waals surface area contributed by atoms with Gasteiger partial charge in [0.05, 0.1) is 0 Å². The predicted octanol–water partition coefficient (Wildman–Crippen LogP) is 3.00. The maximum Gasteiger partial charge on any atom is 0.337 e. The zero-order chi connectivity index (χ0) is 15.4. The normalized spacial score (nSPS) is 12.0. The molecule has 21 heavy (non-hydrogen) atoms. The largest absolute Gasteiger partial charge is 0.489 e. The Labute approximate surface area is 123 Å².